The van der Waals surface area contributed by atoms with Crippen LogP contribution in [0.5, 0.6) is 5.75 Å². The lowest BCUT2D eigenvalue weighted by atomic mass is 10.0. The average Bonchev–Trinajstić information content (AvgIpc) is 3.22. The van der Waals surface area contributed by atoms with Gasteiger partial charge in [0, 0.05) is 35.8 Å². The number of para-hydroxylation sites is 1. The number of carboxylic acid groups (broad SMARTS) is 1. The molecule has 6 heteroatoms. The Hall–Kier alpha value is -4.06. The van der Waals surface area contributed by atoms with Gasteiger partial charge in [-0.2, -0.15) is 0 Å². The number of hydrogen-bond acceptors (Lipinski definition) is 3. The van der Waals surface area contributed by atoms with E-state index < -0.39 is 5.97 Å². The number of amides is 1. The lowest BCUT2D eigenvalue weighted by molar-refractivity contribution is 0.0696. The first-order valence-corrected chi connectivity index (χ1v) is 11.5. The summed E-state index contributed by atoms with van der Waals surface area (Å²) < 4.78 is 7.65. The summed E-state index contributed by atoms with van der Waals surface area (Å²) in [6.45, 7) is 3.66. The van der Waals surface area contributed by atoms with Crippen molar-refractivity contribution in [2.45, 2.75) is 26.3 Å². The lowest BCUT2D eigenvalue weighted by Gasteiger charge is -2.11. The highest BCUT2D eigenvalue weighted by Gasteiger charge is 2.14. The number of ether oxygens (including phenoxy) is 1. The van der Waals surface area contributed by atoms with Crippen LogP contribution in [-0.4, -0.2) is 34.7 Å². The van der Waals surface area contributed by atoms with Crippen molar-refractivity contribution in [1.29, 1.82) is 0 Å². The number of carbonyl (C=O) groups excluding carboxylic acids is 1. The predicted octanol–water partition coefficient (Wildman–Crippen LogP) is 5.62. The molecule has 4 rings (SSSR count). The maximum atomic E-state index is 12.6. The molecule has 0 fully saturated rings. The summed E-state index contributed by atoms with van der Waals surface area (Å²) in [5.74, 6) is -0.497. The van der Waals surface area contributed by atoms with E-state index in [4.69, 9.17) is 4.74 Å². The molecule has 0 atom stereocenters. The first kappa shape index (κ1) is 23.1. The van der Waals surface area contributed by atoms with Crippen LogP contribution in [0.1, 0.15) is 40.5 Å². The van der Waals surface area contributed by atoms with E-state index in [9.17, 15) is 14.7 Å². The lowest BCUT2D eigenvalue weighted by Crippen LogP contribution is -2.25. The minimum absolute atomic E-state index is 0.145. The molecule has 1 aromatic heterocycles. The molecule has 6 nitrogen and oxygen atoms in total. The van der Waals surface area contributed by atoms with Crippen molar-refractivity contribution in [3.05, 3.63) is 90.1 Å². The summed E-state index contributed by atoms with van der Waals surface area (Å²) in [5, 5.41) is 13.4. The van der Waals surface area contributed by atoms with Crippen LogP contribution < -0.4 is 10.1 Å². The van der Waals surface area contributed by atoms with Gasteiger partial charge in [0.15, 0.2) is 0 Å². The van der Waals surface area contributed by atoms with Crippen LogP contribution in [0.3, 0.4) is 0 Å². The number of nitrogens with one attached hydrogen (secondary N) is 1. The zero-order valence-electron chi connectivity index (χ0n) is 19.2. The molecule has 4 aromatic rings. The van der Waals surface area contributed by atoms with Gasteiger partial charge in [-0.1, -0.05) is 48.5 Å². The molecule has 2 N–H and O–H groups in total. The number of nitrogens with zero attached hydrogens (tertiary/aromatic N) is 1. The first-order chi connectivity index (χ1) is 16.6. The maximum Gasteiger partial charge on any atom is 0.335 e. The second kappa shape index (κ2) is 10.7. The molecule has 0 saturated carbocycles. The summed E-state index contributed by atoms with van der Waals surface area (Å²) in [5.41, 5.74) is 3.87. The number of rotatable bonds is 10. The number of carbonyl (C=O) groups is 2. The van der Waals surface area contributed by atoms with Crippen LogP contribution in [0, 0.1) is 0 Å². The van der Waals surface area contributed by atoms with Gasteiger partial charge in [0.2, 0.25) is 0 Å². The number of benzene rings is 3. The largest absolute Gasteiger partial charge is 0.493 e. The molecular formula is C28H28N2O4. The van der Waals surface area contributed by atoms with Crippen molar-refractivity contribution in [2.75, 3.05) is 13.2 Å². The van der Waals surface area contributed by atoms with Crippen LogP contribution in [0.25, 0.3) is 22.0 Å². The molecule has 3 aromatic carbocycles. The van der Waals surface area contributed by atoms with Crippen molar-refractivity contribution in [3.63, 3.8) is 0 Å². The van der Waals surface area contributed by atoms with Gasteiger partial charge < -0.3 is 19.7 Å². The number of hydrogen-bond donors (Lipinski definition) is 2. The fourth-order valence-corrected chi connectivity index (χ4v) is 4.10. The molecule has 0 unspecified atom stereocenters. The summed E-state index contributed by atoms with van der Waals surface area (Å²) in [4.78, 5) is 24.1. The third kappa shape index (κ3) is 5.12. The summed E-state index contributed by atoms with van der Waals surface area (Å²) in [6, 6.07) is 22.6. The van der Waals surface area contributed by atoms with Gasteiger partial charge >= 0.3 is 5.97 Å². The first-order valence-electron chi connectivity index (χ1n) is 11.5. The van der Waals surface area contributed by atoms with Crippen LogP contribution in [-0.2, 0) is 6.54 Å². The Labute approximate surface area is 198 Å². The van der Waals surface area contributed by atoms with Crippen molar-refractivity contribution < 1.29 is 19.4 Å². The smallest absolute Gasteiger partial charge is 0.335 e. The summed E-state index contributed by atoms with van der Waals surface area (Å²) in [7, 11) is 0. The van der Waals surface area contributed by atoms with E-state index in [1.165, 1.54) is 0 Å². The monoisotopic (exact) mass is 456 g/mol. The van der Waals surface area contributed by atoms with E-state index in [2.05, 4.69) is 28.2 Å². The van der Waals surface area contributed by atoms with Gasteiger partial charge in [0.25, 0.3) is 5.91 Å². The molecule has 0 spiro atoms. The van der Waals surface area contributed by atoms with Gasteiger partial charge in [0.05, 0.1) is 17.7 Å². The normalized spacial score (nSPS) is 10.9. The molecule has 0 aliphatic carbocycles. The highest BCUT2D eigenvalue weighted by Crippen LogP contribution is 2.31. The number of unbranched alkanes of at least 4 members (excludes halogenated alkanes) is 1. The Morgan fingerprint density at radius 2 is 1.74 bits per heavy atom. The quantitative estimate of drug-likeness (QED) is 0.304. The van der Waals surface area contributed by atoms with Gasteiger partial charge in [-0.05, 0) is 49.6 Å². The van der Waals surface area contributed by atoms with Gasteiger partial charge in [-0.3, -0.25) is 4.79 Å². The van der Waals surface area contributed by atoms with Crippen molar-refractivity contribution >= 4 is 22.8 Å². The molecule has 0 aliphatic heterocycles. The fourth-order valence-electron chi connectivity index (χ4n) is 4.10. The number of aryl methyl sites for hydroxylation is 1. The summed E-state index contributed by atoms with van der Waals surface area (Å²) in [6.07, 6.45) is 3.72. The Bertz CT molecular complexity index is 1290. The standard InChI is InChI=1S/C28H28N2O4/c1-2-34-26-13-7-6-12-23(26)27(31)29-16-8-9-17-30-19-24(20-10-4-3-5-11-20)22-15-14-21(28(32)33)18-25(22)30/h3-7,10-15,18-19H,2,8-9,16-17H2,1H3,(H,29,31)(H,32,33). The molecular weight excluding hydrogens is 428 g/mol. The van der Waals surface area contributed by atoms with E-state index in [0.29, 0.717) is 24.5 Å². The minimum Gasteiger partial charge on any atom is -0.493 e. The van der Waals surface area contributed by atoms with E-state index >= 15 is 0 Å². The zero-order valence-corrected chi connectivity index (χ0v) is 19.2. The molecule has 1 amide bonds. The molecule has 0 saturated heterocycles. The summed E-state index contributed by atoms with van der Waals surface area (Å²) >= 11 is 0. The third-order valence-corrected chi connectivity index (χ3v) is 5.76. The highest BCUT2D eigenvalue weighted by atomic mass is 16.5. The van der Waals surface area contributed by atoms with E-state index in [0.717, 1.165) is 41.4 Å². The molecule has 34 heavy (non-hydrogen) atoms. The van der Waals surface area contributed by atoms with E-state index in [1.807, 2.05) is 43.3 Å². The van der Waals surface area contributed by atoms with Gasteiger partial charge in [0.1, 0.15) is 5.75 Å². The highest BCUT2D eigenvalue weighted by molar-refractivity contribution is 6.00. The van der Waals surface area contributed by atoms with Crippen LogP contribution in [0.15, 0.2) is 79.0 Å². The van der Waals surface area contributed by atoms with Crippen molar-refractivity contribution in [1.82, 2.24) is 9.88 Å². The topological polar surface area (TPSA) is 80.6 Å². The number of aromatic nitrogens is 1. The Balaban J connectivity index is 1.44. The molecule has 174 valence electrons. The second-order valence-electron chi connectivity index (χ2n) is 8.03. The Morgan fingerprint density at radius 1 is 0.971 bits per heavy atom. The second-order valence-corrected chi connectivity index (χ2v) is 8.03. The zero-order chi connectivity index (χ0) is 23.9. The maximum absolute atomic E-state index is 12.6. The van der Waals surface area contributed by atoms with Crippen molar-refractivity contribution in [2.24, 2.45) is 0 Å². The van der Waals surface area contributed by atoms with Crippen LogP contribution in [0.2, 0.25) is 0 Å². The minimum atomic E-state index is -0.939. The Kier molecular flexibility index (Phi) is 7.28. The van der Waals surface area contributed by atoms with Crippen LogP contribution in [0.4, 0.5) is 0 Å². The number of aromatic carboxylic acids is 1. The Morgan fingerprint density at radius 3 is 2.50 bits per heavy atom. The van der Waals surface area contributed by atoms with Gasteiger partial charge in [-0.15, -0.1) is 0 Å². The molecule has 0 bridgehead atoms. The number of fused-ring (bicyclic) bond motifs is 1. The van der Waals surface area contributed by atoms with Gasteiger partial charge in [-0.25, -0.2) is 4.79 Å². The fraction of sp³-hybridized carbons (Fsp3) is 0.214. The van der Waals surface area contributed by atoms with E-state index in [1.54, 1.807) is 24.3 Å². The predicted molar refractivity (Wildman–Crippen MR) is 134 cm³/mol. The van der Waals surface area contributed by atoms with E-state index in [-0.39, 0.29) is 11.5 Å². The third-order valence-electron chi connectivity index (χ3n) is 5.76. The van der Waals surface area contributed by atoms with Crippen LogP contribution >= 0.6 is 0 Å². The number of carboxylic acids is 1. The molecule has 0 radical (unpaired) electrons. The molecule has 1 heterocycles. The SMILES string of the molecule is CCOc1ccccc1C(=O)NCCCCn1cc(-c2ccccc2)c2ccc(C(=O)O)cc21. The average molecular weight is 457 g/mol. The molecule has 0 aliphatic rings. The van der Waals surface area contributed by atoms with Crippen molar-refractivity contribution in [3.8, 4) is 16.9 Å².